The van der Waals surface area contributed by atoms with Gasteiger partial charge in [0.1, 0.15) is 10.7 Å². The molecule has 6 rings (SSSR count). The largest absolute Gasteiger partial charge is 0.335 e. The van der Waals surface area contributed by atoms with Gasteiger partial charge in [-0.15, -0.1) is 11.3 Å². The van der Waals surface area contributed by atoms with Crippen LogP contribution in [0.4, 0.5) is 0 Å². The number of nitriles is 1. The second-order valence-electron chi connectivity index (χ2n) is 10.4. The van der Waals surface area contributed by atoms with Crippen LogP contribution in [0, 0.1) is 11.3 Å². The smallest absolute Gasteiger partial charge is 0.273 e. The average molecular weight is 653 g/mol. The average Bonchev–Trinajstić information content (AvgIpc) is 3.37. The molecule has 0 unspecified atom stereocenters. The molecular weight excluding hydrogens is 625 g/mol. The van der Waals surface area contributed by atoms with Gasteiger partial charge in [0.15, 0.2) is 5.57 Å². The van der Waals surface area contributed by atoms with Crippen LogP contribution in [0.15, 0.2) is 108 Å². The van der Waals surface area contributed by atoms with Gasteiger partial charge in [0.25, 0.3) is 11.5 Å². The molecule has 45 heavy (non-hydrogen) atoms. The Morgan fingerprint density at radius 2 is 1.53 bits per heavy atom. The Kier molecular flexibility index (Phi) is 9.24. The molecule has 0 N–H and O–H groups in total. The maximum atomic E-state index is 14.0. The summed E-state index contributed by atoms with van der Waals surface area (Å²) in [5, 5.41) is 11.0. The summed E-state index contributed by atoms with van der Waals surface area (Å²) < 4.78 is 1.84. The molecule has 1 aliphatic rings. The van der Waals surface area contributed by atoms with Crippen LogP contribution in [0.2, 0.25) is 10.0 Å². The molecule has 0 atom stereocenters. The van der Waals surface area contributed by atoms with E-state index in [0.29, 0.717) is 47.1 Å². The van der Waals surface area contributed by atoms with Crippen molar-refractivity contribution >= 4 is 52.1 Å². The van der Waals surface area contributed by atoms with Crippen molar-refractivity contribution in [2.45, 2.75) is 6.04 Å². The number of rotatable bonds is 6. The van der Waals surface area contributed by atoms with Crippen molar-refractivity contribution in [3.8, 4) is 11.8 Å². The minimum absolute atomic E-state index is 0.0308. The number of piperazine rings is 1. The summed E-state index contributed by atoms with van der Waals surface area (Å²) >= 11 is 13.7. The summed E-state index contributed by atoms with van der Waals surface area (Å²) in [5.41, 5.74) is 2.71. The molecule has 1 saturated heterocycles. The Bertz CT molecular complexity index is 2010. The molecule has 224 valence electrons. The zero-order valence-corrected chi connectivity index (χ0v) is 26.3. The first kappa shape index (κ1) is 30.5. The number of pyridine rings is 1. The second kappa shape index (κ2) is 13.6. The van der Waals surface area contributed by atoms with Crippen LogP contribution in [0.1, 0.15) is 22.9 Å². The normalized spacial score (nSPS) is 14.8. The molecule has 0 aliphatic carbocycles. The highest BCUT2D eigenvalue weighted by molar-refractivity contribution is 7.07. The van der Waals surface area contributed by atoms with Crippen molar-refractivity contribution in [1.29, 1.82) is 5.26 Å². The Hall–Kier alpha value is -4.52. The van der Waals surface area contributed by atoms with Gasteiger partial charge in [-0.2, -0.15) is 5.26 Å². The number of halogens is 2. The van der Waals surface area contributed by atoms with Crippen LogP contribution < -0.4 is 14.8 Å². The molecule has 3 aromatic carbocycles. The highest BCUT2D eigenvalue weighted by atomic mass is 35.5. The van der Waals surface area contributed by atoms with Gasteiger partial charge >= 0.3 is 0 Å². The van der Waals surface area contributed by atoms with Crippen LogP contribution in [-0.2, 0) is 4.79 Å². The predicted molar refractivity (Wildman–Crippen MR) is 179 cm³/mol. The van der Waals surface area contributed by atoms with Crippen molar-refractivity contribution in [2.24, 2.45) is 0 Å². The quantitative estimate of drug-likeness (QED) is 0.257. The molecule has 1 amide bonds. The summed E-state index contributed by atoms with van der Waals surface area (Å²) in [6, 6.07) is 32.9. The first-order valence-corrected chi connectivity index (χ1v) is 15.9. The molecule has 5 aromatic rings. The maximum Gasteiger partial charge on any atom is 0.273 e. The summed E-state index contributed by atoms with van der Waals surface area (Å²) in [7, 11) is 0. The van der Waals surface area contributed by atoms with E-state index in [2.05, 4.69) is 40.2 Å². The predicted octanol–water partition coefficient (Wildman–Crippen LogP) is 5.04. The van der Waals surface area contributed by atoms with E-state index in [1.807, 2.05) is 42.5 Å². The first-order chi connectivity index (χ1) is 21.9. The van der Waals surface area contributed by atoms with Crippen LogP contribution in [-0.4, -0.2) is 51.4 Å². The lowest BCUT2D eigenvalue weighted by molar-refractivity contribution is -0.126. The van der Waals surface area contributed by atoms with E-state index in [1.54, 1.807) is 41.4 Å². The summed E-state index contributed by atoms with van der Waals surface area (Å²) in [6.45, 7) is 2.06. The van der Waals surface area contributed by atoms with E-state index in [0.717, 1.165) is 11.3 Å². The minimum Gasteiger partial charge on any atom is -0.335 e. The van der Waals surface area contributed by atoms with Gasteiger partial charge in [-0.05, 0) is 47.5 Å². The van der Waals surface area contributed by atoms with E-state index in [-0.39, 0.29) is 21.3 Å². The number of carbonyl (C=O) groups excluding carboxylic acids is 1. The molecule has 0 bridgehead atoms. The highest BCUT2D eigenvalue weighted by Crippen LogP contribution is 2.30. The molecule has 2 aromatic heterocycles. The van der Waals surface area contributed by atoms with Gasteiger partial charge in [0, 0.05) is 37.4 Å². The fourth-order valence-electron chi connectivity index (χ4n) is 5.54. The standard InChI is InChI=1S/C35H27Cl2N5O2S/c36-26-14-15-30(29(37)21-26)42-34(44)31(22-27-13-7-8-16-39-27)45-35(42)28(23-38)33(43)41-19-17-40(18-20-41)32(24-9-3-1-4-10-24)25-11-5-2-6-12-25/h1-16,21-22,32H,17-20H2/b31-22+,35-28-. The van der Waals surface area contributed by atoms with E-state index >= 15 is 0 Å². The Labute approximate surface area is 274 Å². The first-order valence-electron chi connectivity index (χ1n) is 14.3. The van der Waals surface area contributed by atoms with Crippen molar-refractivity contribution in [3.05, 3.63) is 150 Å². The number of hydrogen-bond acceptors (Lipinski definition) is 6. The Morgan fingerprint density at radius 1 is 0.889 bits per heavy atom. The van der Waals surface area contributed by atoms with Crippen molar-refractivity contribution in [2.75, 3.05) is 26.2 Å². The number of hydrogen-bond donors (Lipinski definition) is 0. The van der Waals surface area contributed by atoms with Crippen LogP contribution in [0.5, 0.6) is 0 Å². The third-order valence-corrected chi connectivity index (χ3v) is 9.31. The van der Waals surface area contributed by atoms with Crippen molar-refractivity contribution in [1.82, 2.24) is 19.4 Å². The number of amides is 1. The second-order valence-corrected chi connectivity index (χ2v) is 12.3. The van der Waals surface area contributed by atoms with E-state index in [4.69, 9.17) is 23.2 Å². The number of thiazole rings is 1. The zero-order chi connectivity index (χ0) is 31.3. The third-order valence-electron chi connectivity index (χ3n) is 7.68. The lowest BCUT2D eigenvalue weighted by Gasteiger charge is -2.39. The molecule has 0 radical (unpaired) electrons. The van der Waals surface area contributed by atoms with Crippen LogP contribution >= 0.6 is 34.5 Å². The van der Waals surface area contributed by atoms with E-state index in [1.165, 1.54) is 21.8 Å². The lowest BCUT2D eigenvalue weighted by atomic mass is 9.96. The Morgan fingerprint density at radius 3 is 2.11 bits per heavy atom. The maximum absolute atomic E-state index is 14.0. The molecule has 7 nitrogen and oxygen atoms in total. The molecule has 10 heteroatoms. The van der Waals surface area contributed by atoms with Gasteiger partial charge in [-0.3, -0.25) is 24.0 Å². The molecule has 0 spiro atoms. The minimum atomic E-state index is -0.433. The monoisotopic (exact) mass is 651 g/mol. The third kappa shape index (κ3) is 6.48. The molecule has 1 aliphatic heterocycles. The summed E-state index contributed by atoms with van der Waals surface area (Å²) in [6.07, 6.45) is 3.27. The van der Waals surface area contributed by atoms with E-state index < -0.39 is 11.5 Å². The molecule has 3 heterocycles. The van der Waals surface area contributed by atoms with E-state index in [9.17, 15) is 14.9 Å². The Balaban J connectivity index is 1.38. The van der Waals surface area contributed by atoms with Crippen LogP contribution in [0.25, 0.3) is 17.3 Å². The molecular formula is C35H27Cl2N5O2S. The highest BCUT2D eigenvalue weighted by Gasteiger charge is 2.30. The van der Waals surface area contributed by atoms with Crippen LogP contribution in [0.3, 0.4) is 0 Å². The van der Waals surface area contributed by atoms with Gasteiger partial charge in [0.05, 0.1) is 27.0 Å². The number of carbonyl (C=O) groups is 1. The lowest BCUT2D eigenvalue weighted by Crippen LogP contribution is -2.50. The molecule has 0 saturated carbocycles. The molecule has 1 fully saturated rings. The van der Waals surface area contributed by atoms with Gasteiger partial charge in [-0.25, -0.2) is 0 Å². The number of nitrogens with zero attached hydrogens (tertiary/aromatic N) is 5. The fourth-order valence-corrected chi connectivity index (χ4v) is 7.11. The van der Waals surface area contributed by atoms with Gasteiger partial charge < -0.3 is 4.90 Å². The summed E-state index contributed by atoms with van der Waals surface area (Å²) in [5.74, 6) is -0.433. The van der Waals surface area contributed by atoms with Gasteiger partial charge in [0.2, 0.25) is 0 Å². The SMILES string of the molecule is N#C/C(C(=O)N1CCN(C(c2ccccc2)c2ccccc2)CC1)=c1/s/c(=C/c2ccccn2)c(=O)n1-c1ccc(Cl)cc1Cl. The van der Waals surface area contributed by atoms with Crippen molar-refractivity contribution in [3.63, 3.8) is 0 Å². The fraction of sp³-hybridized carbons (Fsp3) is 0.143. The zero-order valence-electron chi connectivity index (χ0n) is 24.0. The topological polar surface area (TPSA) is 82.2 Å². The number of benzene rings is 3. The van der Waals surface area contributed by atoms with Crippen molar-refractivity contribution < 1.29 is 4.79 Å². The summed E-state index contributed by atoms with van der Waals surface area (Å²) in [4.78, 5) is 36.2. The van der Waals surface area contributed by atoms with Gasteiger partial charge in [-0.1, -0.05) is 89.9 Å². The number of aromatic nitrogens is 2.